The molecule has 7 heteroatoms. The van der Waals surface area contributed by atoms with Crippen LogP contribution in [0.1, 0.15) is 15.9 Å². The van der Waals surface area contributed by atoms with E-state index in [1.165, 1.54) is 18.2 Å². The lowest BCUT2D eigenvalue weighted by Gasteiger charge is -2.09. The molecule has 1 amide bonds. The molecule has 0 aliphatic rings. The van der Waals surface area contributed by atoms with Crippen LogP contribution >= 0.6 is 50.5 Å². The number of benzene rings is 1. The van der Waals surface area contributed by atoms with Crippen molar-refractivity contribution in [2.24, 2.45) is 0 Å². The van der Waals surface area contributed by atoms with E-state index in [0.717, 1.165) is 11.3 Å². The van der Waals surface area contributed by atoms with Gasteiger partial charge in [-0.25, -0.2) is 4.39 Å². The highest BCUT2D eigenvalue weighted by Crippen LogP contribution is 2.32. The van der Waals surface area contributed by atoms with Gasteiger partial charge in [-0.15, -0.1) is 11.3 Å². The molecule has 0 saturated carbocycles. The van der Waals surface area contributed by atoms with Gasteiger partial charge < -0.3 is 5.32 Å². The second kappa shape index (κ2) is 5.79. The van der Waals surface area contributed by atoms with Crippen LogP contribution in [0, 0.1) is 12.7 Å². The monoisotopic (exact) mass is 381 g/mol. The van der Waals surface area contributed by atoms with Gasteiger partial charge in [0.1, 0.15) is 10.2 Å². The quantitative estimate of drug-likeness (QED) is 0.728. The number of carbonyl (C=O) groups is 1. The van der Waals surface area contributed by atoms with Gasteiger partial charge in [-0.2, -0.15) is 0 Å². The first-order valence-corrected chi connectivity index (χ1v) is 7.47. The Bertz CT molecular complexity index is 659. The van der Waals surface area contributed by atoms with Crippen molar-refractivity contribution in [1.82, 2.24) is 0 Å². The molecule has 0 spiro atoms. The van der Waals surface area contributed by atoms with Crippen molar-refractivity contribution in [2.75, 3.05) is 5.32 Å². The van der Waals surface area contributed by atoms with Crippen LogP contribution in [0.25, 0.3) is 0 Å². The Kier molecular flexibility index (Phi) is 4.50. The van der Waals surface area contributed by atoms with E-state index >= 15 is 0 Å². The Morgan fingerprint density at radius 3 is 2.63 bits per heavy atom. The van der Waals surface area contributed by atoms with Gasteiger partial charge in [0.05, 0.1) is 14.4 Å². The largest absolute Gasteiger partial charge is 0.322 e. The smallest absolute Gasteiger partial charge is 0.258 e. The van der Waals surface area contributed by atoms with E-state index in [-0.39, 0.29) is 16.2 Å². The number of anilines is 1. The summed E-state index contributed by atoms with van der Waals surface area (Å²) >= 11 is 15.9. The van der Waals surface area contributed by atoms with Crippen molar-refractivity contribution in [1.29, 1.82) is 0 Å². The van der Waals surface area contributed by atoms with Crippen LogP contribution < -0.4 is 5.32 Å². The van der Waals surface area contributed by atoms with E-state index in [2.05, 4.69) is 21.2 Å². The number of nitrogens with one attached hydrogen (secondary N) is 1. The van der Waals surface area contributed by atoms with Crippen LogP contribution in [0.4, 0.5) is 10.1 Å². The van der Waals surface area contributed by atoms with Gasteiger partial charge in [0.15, 0.2) is 0 Å². The summed E-state index contributed by atoms with van der Waals surface area (Å²) < 4.78 is 14.3. The predicted octanol–water partition coefficient (Wildman–Crippen LogP) is 5.52. The number of amides is 1. The number of thiophene rings is 1. The van der Waals surface area contributed by atoms with Crippen molar-refractivity contribution in [3.63, 3.8) is 0 Å². The van der Waals surface area contributed by atoms with E-state index in [9.17, 15) is 9.18 Å². The van der Waals surface area contributed by atoms with Crippen LogP contribution in [-0.4, -0.2) is 5.91 Å². The van der Waals surface area contributed by atoms with Crippen molar-refractivity contribution in [3.05, 3.63) is 48.3 Å². The van der Waals surface area contributed by atoms with Crippen LogP contribution in [0.15, 0.2) is 22.7 Å². The standard InChI is InChI=1S/C12H7BrCl2FNOS/c1-5-2-8(16)7(13)4-9(5)17-12(18)6-3-10(14)19-11(6)15/h2-4H,1H3,(H,17,18). The number of hydrogen-bond donors (Lipinski definition) is 1. The van der Waals surface area contributed by atoms with Crippen LogP contribution in [0.3, 0.4) is 0 Å². The minimum absolute atomic E-state index is 0.280. The van der Waals surface area contributed by atoms with E-state index in [0.29, 0.717) is 25.5 Å². The van der Waals surface area contributed by atoms with E-state index in [1.807, 2.05) is 0 Å². The Morgan fingerprint density at radius 2 is 2.05 bits per heavy atom. The topological polar surface area (TPSA) is 29.1 Å². The molecule has 2 rings (SSSR count). The minimum atomic E-state index is -0.382. The van der Waals surface area contributed by atoms with Gasteiger partial charge in [0, 0.05) is 5.69 Å². The fraction of sp³-hybridized carbons (Fsp3) is 0.0833. The SMILES string of the molecule is Cc1cc(F)c(Br)cc1NC(=O)c1cc(Cl)sc1Cl. The third kappa shape index (κ3) is 3.28. The molecule has 0 aliphatic carbocycles. The number of rotatable bonds is 2. The fourth-order valence-electron chi connectivity index (χ4n) is 1.47. The lowest BCUT2D eigenvalue weighted by molar-refractivity contribution is 0.102. The molecular formula is C12H7BrCl2FNOS. The highest BCUT2D eigenvalue weighted by molar-refractivity contribution is 9.10. The van der Waals surface area contributed by atoms with Gasteiger partial charge in [-0.1, -0.05) is 23.2 Å². The maximum absolute atomic E-state index is 13.3. The first-order valence-electron chi connectivity index (χ1n) is 5.10. The number of aryl methyl sites for hydroxylation is 1. The molecule has 0 saturated heterocycles. The number of carbonyl (C=O) groups excluding carboxylic acids is 1. The van der Waals surface area contributed by atoms with E-state index < -0.39 is 0 Å². The summed E-state index contributed by atoms with van der Waals surface area (Å²) in [7, 11) is 0. The molecule has 0 aliphatic heterocycles. The lowest BCUT2D eigenvalue weighted by Crippen LogP contribution is -2.12. The summed E-state index contributed by atoms with van der Waals surface area (Å²) in [6.07, 6.45) is 0. The van der Waals surface area contributed by atoms with Crippen LogP contribution in [-0.2, 0) is 0 Å². The summed E-state index contributed by atoms with van der Waals surface area (Å²) in [5, 5.41) is 2.68. The summed E-state index contributed by atoms with van der Waals surface area (Å²) in [5.41, 5.74) is 1.43. The maximum atomic E-state index is 13.3. The normalized spacial score (nSPS) is 10.6. The average molecular weight is 383 g/mol. The molecule has 19 heavy (non-hydrogen) atoms. The van der Waals surface area contributed by atoms with E-state index in [4.69, 9.17) is 23.2 Å². The Morgan fingerprint density at radius 1 is 1.37 bits per heavy atom. The van der Waals surface area contributed by atoms with Gasteiger partial charge in [0.2, 0.25) is 0 Å². The molecular weight excluding hydrogens is 376 g/mol. The van der Waals surface area contributed by atoms with Crippen molar-refractivity contribution < 1.29 is 9.18 Å². The Balaban J connectivity index is 2.29. The maximum Gasteiger partial charge on any atom is 0.258 e. The molecule has 0 bridgehead atoms. The lowest BCUT2D eigenvalue weighted by atomic mass is 10.2. The molecule has 2 aromatic rings. The molecule has 0 radical (unpaired) electrons. The fourth-order valence-corrected chi connectivity index (χ4v) is 3.27. The van der Waals surface area contributed by atoms with Crippen molar-refractivity contribution in [3.8, 4) is 0 Å². The minimum Gasteiger partial charge on any atom is -0.322 e. The van der Waals surface area contributed by atoms with Gasteiger partial charge >= 0.3 is 0 Å². The highest BCUT2D eigenvalue weighted by Gasteiger charge is 2.16. The second-order valence-corrected chi connectivity index (χ2v) is 6.91. The predicted molar refractivity (Wildman–Crippen MR) is 81.1 cm³/mol. The van der Waals surface area contributed by atoms with Crippen molar-refractivity contribution in [2.45, 2.75) is 6.92 Å². The third-order valence-corrected chi connectivity index (χ3v) is 4.51. The Labute approximate surface area is 131 Å². The summed E-state index contributed by atoms with van der Waals surface area (Å²) in [5.74, 6) is -0.762. The second-order valence-electron chi connectivity index (χ2n) is 3.77. The molecule has 1 heterocycles. The Hall–Kier alpha value is -0.620. The molecule has 0 atom stereocenters. The van der Waals surface area contributed by atoms with Crippen LogP contribution in [0.5, 0.6) is 0 Å². The third-order valence-electron chi connectivity index (χ3n) is 2.42. The molecule has 2 nitrogen and oxygen atoms in total. The zero-order chi connectivity index (χ0) is 14.2. The molecule has 1 N–H and O–H groups in total. The number of halogens is 4. The first kappa shape index (κ1) is 14.8. The first-order chi connectivity index (χ1) is 8.88. The zero-order valence-electron chi connectivity index (χ0n) is 9.56. The van der Waals surface area contributed by atoms with Gasteiger partial charge in [0.25, 0.3) is 5.91 Å². The summed E-state index contributed by atoms with van der Waals surface area (Å²) in [4.78, 5) is 12.0. The molecule has 1 aromatic heterocycles. The molecule has 1 aromatic carbocycles. The summed E-state index contributed by atoms with van der Waals surface area (Å²) in [6.45, 7) is 1.70. The molecule has 100 valence electrons. The van der Waals surface area contributed by atoms with E-state index in [1.54, 1.807) is 6.92 Å². The number of hydrogen-bond acceptors (Lipinski definition) is 2. The molecule has 0 unspecified atom stereocenters. The van der Waals surface area contributed by atoms with Gasteiger partial charge in [-0.3, -0.25) is 4.79 Å². The summed E-state index contributed by atoms with van der Waals surface area (Å²) in [6, 6.07) is 4.34. The average Bonchev–Trinajstić information content (AvgIpc) is 2.65. The highest BCUT2D eigenvalue weighted by atomic mass is 79.9. The zero-order valence-corrected chi connectivity index (χ0v) is 13.5. The van der Waals surface area contributed by atoms with Gasteiger partial charge in [-0.05, 0) is 46.6 Å². The molecule has 0 fully saturated rings. The van der Waals surface area contributed by atoms with Crippen molar-refractivity contribution >= 4 is 62.1 Å². The van der Waals surface area contributed by atoms with Crippen LogP contribution in [0.2, 0.25) is 8.67 Å².